The van der Waals surface area contributed by atoms with E-state index < -0.39 is 0 Å². The molecule has 6 nitrogen and oxygen atoms in total. The molecule has 1 saturated heterocycles. The molecule has 1 aromatic carbocycles. The molecular weight excluding hydrogens is 270 g/mol. The number of likely N-dealkylation sites (tertiary alicyclic amines) is 1. The van der Waals surface area contributed by atoms with Crippen molar-refractivity contribution in [3.63, 3.8) is 0 Å². The number of nitrogens with zero attached hydrogens (tertiary/aromatic N) is 1. The normalized spacial score (nSPS) is 15.5. The van der Waals surface area contributed by atoms with E-state index in [-0.39, 0.29) is 5.91 Å². The molecule has 0 atom stereocenters. The standard InChI is InChI=1S/C15H23N3O3/c1-20-13-9-12(14(21-2)8-11(13)16)17-15(19)10-18-6-4-3-5-7-18/h8-9H,3-7,10,16H2,1-2H3,(H,17,19). The number of rotatable bonds is 5. The quantitative estimate of drug-likeness (QED) is 0.808. The molecule has 0 unspecified atom stereocenters. The fourth-order valence-corrected chi connectivity index (χ4v) is 2.53. The van der Waals surface area contributed by atoms with Crippen LogP contribution >= 0.6 is 0 Å². The fourth-order valence-electron chi connectivity index (χ4n) is 2.53. The van der Waals surface area contributed by atoms with Crippen LogP contribution in [0.4, 0.5) is 11.4 Å². The van der Waals surface area contributed by atoms with Crippen molar-refractivity contribution in [2.24, 2.45) is 0 Å². The van der Waals surface area contributed by atoms with Gasteiger partial charge in [0.2, 0.25) is 5.91 Å². The van der Waals surface area contributed by atoms with Crippen LogP contribution in [-0.2, 0) is 4.79 Å². The molecule has 21 heavy (non-hydrogen) atoms. The SMILES string of the molecule is COc1cc(NC(=O)CN2CCCCC2)c(OC)cc1N. The fraction of sp³-hybridized carbons (Fsp3) is 0.533. The number of nitrogens with one attached hydrogen (secondary N) is 1. The van der Waals surface area contributed by atoms with Crippen LogP contribution in [0.5, 0.6) is 11.5 Å². The van der Waals surface area contributed by atoms with Gasteiger partial charge in [-0.15, -0.1) is 0 Å². The number of piperidine rings is 1. The largest absolute Gasteiger partial charge is 0.495 e. The molecule has 2 rings (SSSR count). The second-order valence-corrected chi connectivity index (χ2v) is 5.18. The van der Waals surface area contributed by atoms with Crippen molar-refractivity contribution < 1.29 is 14.3 Å². The molecule has 0 spiro atoms. The van der Waals surface area contributed by atoms with E-state index in [1.165, 1.54) is 13.5 Å². The number of anilines is 2. The number of carbonyl (C=O) groups excluding carboxylic acids is 1. The Morgan fingerprint density at radius 3 is 2.48 bits per heavy atom. The highest BCUT2D eigenvalue weighted by atomic mass is 16.5. The maximum Gasteiger partial charge on any atom is 0.238 e. The molecule has 0 aromatic heterocycles. The topological polar surface area (TPSA) is 76.8 Å². The lowest BCUT2D eigenvalue weighted by Gasteiger charge is -2.25. The molecule has 0 radical (unpaired) electrons. The summed E-state index contributed by atoms with van der Waals surface area (Å²) >= 11 is 0. The smallest absolute Gasteiger partial charge is 0.238 e. The van der Waals surface area contributed by atoms with Crippen molar-refractivity contribution in [2.75, 3.05) is 44.9 Å². The Balaban J connectivity index is 2.05. The molecule has 116 valence electrons. The molecule has 6 heteroatoms. The monoisotopic (exact) mass is 293 g/mol. The van der Waals surface area contributed by atoms with Crippen LogP contribution in [0.15, 0.2) is 12.1 Å². The highest BCUT2D eigenvalue weighted by Gasteiger charge is 2.16. The summed E-state index contributed by atoms with van der Waals surface area (Å²) in [6.45, 7) is 2.36. The van der Waals surface area contributed by atoms with E-state index in [0.29, 0.717) is 29.4 Å². The van der Waals surface area contributed by atoms with E-state index in [1.54, 1.807) is 19.2 Å². The van der Waals surface area contributed by atoms with Gasteiger partial charge in [0, 0.05) is 12.1 Å². The Bertz CT molecular complexity index is 499. The Morgan fingerprint density at radius 2 is 1.86 bits per heavy atom. The molecule has 1 aliphatic rings. The van der Waals surface area contributed by atoms with Crippen molar-refractivity contribution in [3.8, 4) is 11.5 Å². The molecular formula is C15H23N3O3. The van der Waals surface area contributed by atoms with E-state index in [1.807, 2.05) is 0 Å². The Morgan fingerprint density at radius 1 is 1.19 bits per heavy atom. The molecule has 1 heterocycles. The molecule has 1 amide bonds. The first-order valence-corrected chi connectivity index (χ1v) is 7.17. The number of amides is 1. The summed E-state index contributed by atoms with van der Waals surface area (Å²) in [5.41, 5.74) is 6.88. The maximum atomic E-state index is 12.2. The molecule has 0 saturated carbocycles. The zero-order valence-electron chi connectivity index (χ0n) is 12.6. The van der Waals surface area contributed by atoms with Crippen LogP contribution in [-0.4, -0.2) is 44.7 Å². The highest BCUT2D eigenvalue weighted by Crippen LogP contribution is 2.34. The number of hydrogen-bond acceptors (Lipinski definition) is 5. The third kappa shape index (κ3) is 4.01. The van der Waals surface area contributed by atoms with Gasteiger partial charge in [0.25, 0.3) is 0 Å². The zero-order chi connectivity index (χ0) is 15.2. The number of carbonyl (C=O) groups is 1. The molecule has 0 bridgehead atoms. The van der Waals surface area contributed by atoms with Crippen LogP contribution in [0.2, 0.25) is 0 Å². The highest BCUT2D eigenvalue weighted by molar-refractivity contribution is 5.94. The minimum atomic E-state index is -0.0537. The third-order valence-electron chi connectivity index (χ3n) is 3.64. The number of hydrogen-bond donors (Lipinski definition) is 2. The van der Waals surface area contributed by atoms with Gasteiger partial charge in [-0.1, -0.05) is 6.42 Å². The number of ether oxygens (including phenoxy) is 2. The van der Waals surface area contributed by atoms with Crippen LogP contribution in [0, 0.1) is 0 Å². The average molecular weight is 293 g/mol. The summed E-state index contributed by atoms with van der Waals surface area (Å²) in [5, 5.41) is 2.87. The second kappa shape index (κ2) is 7.17. The first-order valence-electron chi connectivity index (χ1n) is 7.17. The number of nitrogen functional groups attached to an aromatic ring is 1. The summed E-state index contributed by atoms with van der Waals surface area (Å²) in [6, 6.07) is 3.33. The summed E-state index contributed by atoms with van der Waals surface area (Å²) < 4.78 is 10.4. The number of benzene rings is 1. The van der Waals surface area contributed by atoms with Crippen molar-refractivity contribution in [1.29, 1.82) is 0 Å². The lowest BCUT2D eigenvalue weighted by molar-refractivity contribution is -0.117. The number of methoxy groups -OCH3 is 2. The average Bonchev–Trinajstić information content (AvgIpc) is 2.49. The molecule has 1 aromatic rings. The van der Waals surface area contributed by atoms with Crippen LogP contribution in [0.3, 0.4) is 0 Å². The zero-order valence-corrected chi connectivity index (χ0v) is 12.6. The van der Waals surface area contributed by atoms with Gasteiger partial charge in [-0.2, -0.15) is 0 Å². The summed E-state index contributed by atoms with van der Waals surface area (Å²) in [7, 11) is 3.08. The predicted molar refractivity (Wildman–Crippen MR) is 82.9 cm³/mol. The Kier molecular flexibility index (Phi) is 5.27. The van der Waals surface area contributed by atoms with Gasteiger partial charge in [0.05, 0.1) is 32.1 Å². The lowest BCUT2D eigenvalue weighted by atomic mass is 10.1. The summed E-state index contributed by atoms with van der Waals surface area (Å²) in [4.78, 5) is 14.3. The van der Waals surface area contributed by atoms with Crippen molar-refractivity contribution in [1.82, 2.24) is 4.90 Å². The lowest BCUT2D eigenvalue weighted by Crippen LogP contribution is -2.36. The minimum absolute atomic E-state index is 0.0537. The summed E-state index contributed by atoms with van der Waals surface area (Å²) in [5.74, 6) is 0.992. The van der Waals surface area contributed by atoms with Crippen LogP contribution in [0.1, 0.15) is 19.3 Å². The molecule has 3 N–H and O–H groups in total. The van der Waals surface area contributed by atoms with Gasteiger partial charge in [-0.3, -0.25) is 9.69 Å². The predicted octanol–water partition coefficient (Wildman–Crippen LogP) is 1.71. The van der Waals surface area contributed by atoms with E-state index in [9.17, 15) is 4.79 Å². The minimum Gasteiger partial charge on any atom is -0.495 e. The molecule has 1 aliphatic heterocycles. The maximum absolute atomic E-state index is 12.2. The molecule has 0 aliphatic carbocycles. The van der Waals surface area contributed by atoms with Crippen LogP contribution < -0.4 is 20.5 Å². The second-order valence-electron chi connectivity index (χ2n) is 5.18. The van der Waals surface area contributed by atoms with Crippen molar-refractivity contribution >= 4 is 17.3 Å². The third-order valence-corrected chi connectivity index (χ3v) is 3.64. The summed E-state index contributed by atoms with van der Waals surface area (Å²) in [6.07, 6.45) is 3.57. The van der Waals surface area contributed by atoms with Gasteiger partial charge in [-0.05, 0) is 25.9 Å². The Hall–Kier alpha value is -1.95. The number of nitrogens with two attached hydrogens (primary N) is 1. The van der Waals surface area contributed by atoms with E-state index in [2.05, 4.69) is 10.2 Å². The van der Waals surface area contributed by atoms with Gasteiger partial charge in [-0.25, -0.2) is 0 Å². The Labute approximate surface area is 125 Å². The van der Waals surface area contributed by atoms with Gasteiger partial charge >= 0.3 is 0 Å². The van der Waals surface area contributed by atoms with E-state index >= 15 is 0 Å². The van der Waals surface area contributed by atoms with Gasteiger partial charge < -0.3 is 20.5 Å². The van der Waals surface area contributed by atoms with Crippen LogP contribution in [0.25, 0.3) is 0 Å². The van der Waals surface area contributed by atoms with Crippen molar-refractivity contribution in [3.05, 3.63) is 12.1 Å². The molecule has 1 fully saturated rings. The van der Waals surface area contributed by atoms with E-state index in [4.69, 9.17) is 15.2 Å². The van der Waals surface area contributed by atoms with Gasteiger partial charge in [0.15, 0.2) is 0 Å². The van der Waals surface area contributed by atoms with Crippen molar-refractivity contribution in [2.45, 2.75) is 19.3 Å². The first kappa shape index (κ1) is 15.4. The first-order chi connectivity index (χ1) is 10.1. The van der Waals surface area contributed by atoms with Gasteiger partial charge in [0.1, 0.15) is 11.5 Å². The van der Waals surface area contributed by atoms with E-state index in [0.717, 1.165) is 25.9 Å².